The van der Waals surface area contributed by atoms with Gasteiger partial charge in [0.2, 0.25) is 0 Å². The Labute approximate surface area is 130 Å². The summed E-state index contributed by atoms with van der Waals surface area (Å²) in [6.45, 7) is 8.47. The smallest absolute Gasteiger partial charge is 0.0304 e. The van der Waals surface area contributed by atoms with E-state index in [4.69, 9.17) is 0 Å². The summed E-state index contributed by atoms with van der Waals surface area (Å²) in [6.07, 6.45) is 12.1. The van der Waals surface area contributed by atoms with Crippen molar-refractivity contribution in [2.45, 2.75) is 70.4 Å². The van der Waals surface area contributed by atoms with E-state index in [2.05, 4.69) is 30.3 Å². The van der Waals surface area contributed by atoms with E-state index in [0.29, 0.717) is 5.54 Å². The van der Waals surface area contributed by atoms with E-state index < -0.39 is 0 Å². The van der Waals surface area contributed by atoms with E-state index in [0.717, 1.165) is 12.0 Å². The van der Waals surface area contributed by atoms with Crippen LogP contribution in [0.2, 0.25) is 0 Å². The van der Waals surface area contributed by atoms with Crippen molar-refractivity contribution in [1.29, 1.82) is 0 Å². The normalized spacial score (nSPS) is 28.6. The maximum atomic E-state index is 3.94. The first-order valence-electron chi connectivity index (χ1n) is 8.72. The highest BCUT2D eigenvalue weighted by molar-refractivity contribution is 7.98. The topological polar surface area (TPSA) is 15.3 Å². The summed E-state index contributed by atoms with van der Waals surface area (Å²) in [7, 11) is 0. The number of nitrogens with zero attached hydrogens (tertiary/aromatic N) is 1. The zero-order chi connectivity index (χ0) is 14.4. The highest BCUT2D eigenvalue weighted by Gasteiger charge is 2.39. The molecule has 118 valence electrons. The van der Waals surface area contributed by atoms with Gasteiger partial charge in [0.15, 0.2) is 0 Å². The molecular formula is C17H34N2S. The molecule has 2 nitrogen and oxygen atoms in total. The summed E-state index contributed by atoms with van der Waals surface area (Å²) >= 11 is 2.00. The predicted molar refractivity (Wildman–Crippen MR) is 91.6 cm³/mol. The van der Waals surface area contributed by atoms with Gasteiger partial charge in [-0.3, -0.25) is 4.90 Å². The van der Waals surface area contributed by atoms with E-state index in [1.807, 2.05) is 11.8 Å². The van der Waals surface area contributed by atoms with E-state index in [1.165, 1.54) is 70.3 Å². The van der Waals surface area contributed by atoms with Gasteiger partial charge in [-0.15, -0.1) is 0 Å². The quantitative estimate of drug-likeness (QED) is 0.804. The molecule has 0 amide bonds. The Balaban J connectivity index is 2.02. The summed E-state index contributed by atoms with van der Waals surface area (Å²) in [5, 5.41) is 3.94. The Hall–Kier alpha value is 0.270. The minimum Gasteiger partial charge on any atom is -0.308 e. The molecular weight excluding hydrogens is 264 g/mol. The first-order chi connectivity index (χ1) is 9.74. The Morgan fingerprint density at radius 3 is 2.45 bits per heavy atom. The van der Waals surface area contributed by atoms with Gasteiger partial charge < -0.3 is 5.32 Å². The summed E-state index contributed by atoms with van der Waals surface area (Å²) in [5.74, 6) is 2.23. The van der Waals surface area contributed by atoms with Crippen molar-refractivity contribution in [1.82, 2.24) is 10.2 Å². The molecule has 2 aliphatic rings. The SMILES string of the molecule is CCC1(CC)CN(CCSC)C(C2CCCCC2)CN1. The molecule has 0 spiro atoms. The monoisotopic (exact) mass is 298 g/mol. The first kappa shape index (κ1) is 16.6. The average molecular weight is 299 g/mol. The third-order valence-electron chi connectivity index (χ3n) is 5.79. The van der Waals surface area contributed by atoms with Crippen molar-refractivity contribution in [2.75, 3.05) is 31.6 Å². The lowest BCUT2D eigenvalue weighted by atomic mass is 9.79. The van der Waals surface area contributed by atoms with Crippen LogP contribution in [0.15, 0.2) is 0 Å². The minimum absolute atomic E-state index is 0.379. The van der Waals surface area contributed by atoms with Crippen molar-refractivity contribution >= 4 is 11.8 Å². The fourth-order valence-electron chi connectivity index (χ4n) is 4.17. The Morgan fingerprint density at radius 2 is 1.85 bits per heavy atom. The number of thioether (sulfide) groups is 1. The number of rotatable bonds is 6. The molecule has 2 fully saturated rings. The first-order valence-corrected chi connectivity index (χ1v) is 10.1. The average Bonchev–Trinajstić information content (AvgIpc) is 2.53. The summed E-state index contributed by atoms with van der Waals surface area (Å²) in [6, 6.07) is 0.800. The van der Waals surface area contributed by atoms with Crippen molar-refractivity contribution in [2.24, 2.45) is 5.92 Å². The van der Waals surface area contributed by atoms with Gasteiger partial charge in [0, 0.05) is 37.0 Å². The molecule has 0 aromatic rings. The molecule has 0 radical (unpaired) electrons. The zero-order valence-corrected chi connectivity index (χ0v) is 14.6. The molecule has 0 bridgehead atoms. The minimum atomic E-state index is 0.379. The molecule has 1 aliphatic carbocycles. The molecule has 1 heterocycles. The Kier molecular flexibility index (Phi) is 6.70. The maximum absolute atomic E-state index is 3.94. The lowest BCUT2D eigenvalue weighted by Gasteiger charge is -2.50. The van der Waals surface area contributed by atoms with Crippen LogP contribution in [-0.4, -0.2) is 48.1 Å². The van der Waals surface area contributed by atoms with Crippen LogP contribution in [0, 0.1) is 5.92 Å². The van der Waals surface area contributed by atoms with E-state index in [9.17, 15) is 0 Å². The van der Waals surface area contributed by atoms with Crippen LogP contribution in [0.3, 0.4) is 0 Å². The van der Waals surface area contributed by atoms with Crippen LogP contribution >= 0.6 is 11.8 Å². The van der Waals surface area contributed by atoms with Gasteiger partial charge in [-0.05, 0) is 37.9 Å². The number of piperazine rings is 1. The Bertz CT molecular complexity index is 272. The number of nitrogens with one attached hydrogen (secondary N) is 1. The molecule has 1 unspecified atom stereocenters. The summed E-state index contributed by atoms with van der Waals surface area (Å²) < 4.78 is 0. The van der Waals surface area contributed by atoms with Crippen LogP contribution in [0.4, 0.5) is 0 Å². The largest absolute Gasteiger partial charge is 0.308 e. The van der Waals surface area contributed by atoms with Gasteiger partial charge >= 0.3 is 0 Å². The second kappa shape index (κ2) is 8.05. The van der Waals surface area contributed by atoms with Crippen molar-refractivity contribution < 1.29 is 0 Å². The molecule has 0 aromatic carbocycles. The molecule has 0 aromatic heterocycles. The molecule has 2 rings (SSSR count). The second-order valence-corrected chi connectivity index (χ2v) is 7.78. The fraction of sp³-hybridized carbons (Fsp3) is 1.00. The molecule has 1 saturated heterocycles. The van der Waals surface area contributed by atoms with Crippen molar-refractivity contribution in [3.05, 3.63) is 0 Å². The molecule has 1 N–H and O–H groups in total. The highest BCUT2D eigenvalue weighted by Crippen LogP contribution is 2.33. The zero-order valence-electron chi connectivity index (χ0n) is 13.8. The van der Waals surface area contributed by atoms with E-state index in [1.54, 1.807) is 0 Å². The van der Waals surface area contributed by atoms with Gasteiger partial charge in [0.05, 0.1) is 0 Å². The molecule has 20 heavy (non-hydrogen) atoms. The third kappa shape index (κ3) is 3.92. The predicted octanol–water partition coefficient (Wildman–Crippen LogP) is 3.76. The van der Waals surface area contributed by atoms with Gasteiger partial charge in [-0.1, -0.05) is 33.1 Å². The van der Waals surface area contributed by atoms with Gasteiger partial charge in [0.25, 0.3) is 0 Å². The van der Waals surface area contributed by atoms with Gasteiger partial charge in [0.1, 0.15) is 0 Å². The van der Waals surface area contributed by atoms with Gasteiger partial charge in [-0.2, -0.15) is 11.8 Å². The fourth-order valence-corrected chi connectivity index (χ4v) is 4.59. The van der Waals surface area contributed by atoms with E-state index >= 15 is 0 Å². The number of hydrogen-bond acceptors (Lipinski definition) is 3. The summed E-state index contributed by atoms with van der Waals surface area (Å²) in [5.41, 5.74) is 0.379. The highest BCUT2D eigenvalue weighted by atomic mass is 32.2. The van der Waals surface area contributed by atoms with E-state index in [-0.39, 0.29) is 0 Å². The lowest BCUT2D eigenvalue weighted by molar-refractivity contribution is 0.0372. The van der Waals surface area contributed by atoms with Crippen LogP contribution in [0.25, 0.3) is 0 Å². The Morgan fingerprint density at radius 1 is 1.15 bits per heavy atom. The van der Waals surface area contributed by atoms with Gasteiger partial charge in [-0.25, -0.2) is 0 Å². The van der Waals surface area contributed by atoms with Crippen LogP contribution in [-0.2, 0) is 0 Å². The second-order valence-electron chi connectivity index (χ2n) is 6.80. The molecule has 1 saturated carbocycles. The van der Waals surface area contributed by atoms with Crippen molar-refractivity contribution in [3.63, 3.8) is 0 Å². The lowest BCUT2D eigenvalue weighted by Crippen LogP contribution is -2.65. The van der Waals surface area contributed by atoms with Crippen molar-refractivity contribution in [3.8, 4) is 0 Å². The third-order valence-corrected chi connectivity index (χ3v) is 6.38. The summed E-state index contributed by atoms with van der Waals surface area (Å²) in [4.78, 5) is 2.84. The van der Waals surface area contributed by atoms with Crippen LogP contribution < -0.4 is 5.32 Å². The maximum Gasteiger partial charge on any atom is 0.0304 e. The molecule has 3 heteroatoms. The molecule has 1 aliphatic heterocycles. The van der Waals surface area contributed by atoms with Crippen LogP contribution in [0.5, 0.6) is 0 Å². The van der Waals surface area contributed by atoms with Crippen LogP contribution in [0.1, 0.15) is 58.8 Å². The standard InChI is InChI=1S/C17H34N2S/c1-4-17(5-2)14-19(11-12-20-3)16(13-18-17)15-9-7-6-8-10-15/h15-16,18H,4-14H2,1-3H3. The number of hydrogen-bond donors (Lipinski definition) is 1. The molecule has 1 atom stereocenters.